The second-order valence-electron chi connectivity index (χ2n) is 27.4. The van der Waals surface area contributed by atoms with Gasteiger partial charge in [0.1, 0.15) is 68.1 Å². The first kappa shape index (κ1) is 70.0. The zero-order valence-electron chi connectivity index (χ0n) is 60.0. The molecule has 522 valence electrons. The van der Waals surface area contributed by atoms with E-state index in [2.05, 4.69) is 145 Å². The fraction of sp³-hybridized carbons (Fsp3) is 0.209. The molecule has 12 nitrogen and oxygen atoms in total. The molecule has 10 aromatic carbocycles. The Kier molecular flexibility index (Phi) is 22.0. The molecular formula is C91H84Al2N4O8. The lowest BCUT2D eigenvalue weighted by Crippen LogP contribution is -2.37. The molecule has 14 heteroatoms. The third-order valence-electron chi connectivity index (χ3n) is 20.1. The molecular weight excluding hydrogens is 1330 g/mol. The van der Waals surface area contributed by atoms with E-state index in [0.29, 0.717) is 34.5 Å². The molecule has 15 rings (SSSR count). The highest BCUT2D eigenvalue weighted by Crippen LogP contribution is 2.57. The summed E-state index contributed by atoms with van der Waals surface area (Å²) >= 11 is -5.96. The van der Waals surface area contributed by atoms with Gasteiger partial charge in [-0.1, -0.05) is 212 Å². The van der Waals surface area contributed by atoms with Crippen molar-refractivity contribution in [3.8, 4) is 90.9 Å². The largest absolute Gasteiger partial charge is 1.20 e. The Morgan fingerprint density at radius 3 is 0.886 bits per heavy atom. The Labute approximate surface area is 625 Å². The van der Waals surface area contributed by atoms with Crippen LogP contribution >= 0.6 is 0 Å². The molecule has 1 aliphatic carbocycles. The molecule has 0 N–H and O–H groups in total. The van der Waals surface area contributed by atoms with Gasteiger partial charge in [0, 0.05) is 51.7 Å². The SMILES string of the molecule is CCCCCCCCC1(CCCCCCCC)c2cc(Oc3ccc(-c4ccc([O][Al]([O]c5cccc6cccnc56)[O]c5cccc6cccnc56)cc4)cc3)c(C)cc2-c2cc(C)c(Oc3ccc(-c4ccc([O][Al]([O]c5cccc6cccnc56)[O]c5cccc6cccnc56)cc4)cc3)cc21. The lowest BCUT2D eigenvalue weighted by molar-refractivity contribution is 0.309. The molecule has 0 unspecified atom stereocenters. The van der Waals surface area contributed by atoms with E-state index in [0.717, 1.165) is 126 Å². The van der Waals surface area contributed by atoms with Gasteiger partial charge in [-0.2, -0.15) is 0 Å². The van der Waals surface area contributed by atoms with Crippen molar-refractivity contribution in [2.24, 2.45) is 0 Å². The predicted octanol–water partition coefficient (Wildman–Crippen LogP) is 24.2. The summed E-state index contributed by atoms with van der Waals surface area (Å²) in [5, 5.41) is 3.86. The molecule has 0 aliphatic heterocycles. The standard InChI is InChI=1S/C55H62O4.4C9H7NO.2Al/c1-5-7-9-11-13-15-33-55(34-16-14-12-10-8-6-2)51-37-53(58-47-29-21-43(22-30-47)41-17-25-45(56)26-18-41)39(3)35-49(51)50-36-40(4)54(38-52(50)55)59-48-31-23-44(24-32-48)42-19-27-46(57)28-20-42;4*11-8-5-1-3-7-4-2-6-10-9(7)8;;/h17-32,35-38,56-57H,5-16,33-34H2,1-4H3;4*1-6,11H;;/q;;;;;2*+3/p-6. The number of ether oxygens (including phenoxy) is 2. The highest BCUT2D eigenvalue weighted by molar-refractivity contribution is 6.40. The summed E-state index contributed by atoms with van der Waals surface area (Å²) in [5.41, 5.74) is 14.4. The van der Waals surface area contributed by atoms with Gasteiger partial charge >= 0.3 is 30.3 Å². The molecule has 0 amide bonds. The summed E-state index contributed by atoms with van der Waals surface area (Å²) in [6.07, 6.45) is 23.9. The van der Waals surface area contributed by atoms with E-state index in [4.69, 9.17) is 32.2 Å². The van der Waals surface area contributed by atoms with Gasteiger partial charge in [0.05, 0.1) is 11.5 Å². The molecule has 0 fully saturated rings. The molecule has 4 heterocycles. The Balaban J connectivity index is 0.668. The van der Waals surface area contributed by atoms with Crippen LogP contribution in [0, 0.1) is 13.8 Å². The summed E-state index contributed by atoms with van der Waals surface area (Å²) in [6, 6.07) is 81.8. The number of benzene rings is 10. The Hall–Kier alpha value is -10.7. The number of pyridine rings is 4. The van der Waals surface area contributed by atoms with E-state index in [1.807, 2.05) is 146 Å². The number of rotatable bonds is 32. The first-order valence-corrected chi connectivity index (χ1v) is 40.0. The monoisotopic (exact) mass is 1410 g/mol. The van der Waals surface area contributed by atoms with E-state index < -0.39 is 30.3 Å². The second kappa shape index (κ2) is 33.0. The molecule has 0 radical (unpaired) electrons. The van der Waals surface area contributed by atoms with Crippen molar-refractivity contribution >= 4 is 73.9 Å². The summed E-state index contributed by atoms with van der Waals surface area (Å²) in [5.74, 6) is 6.95. The number of para-hydroxylation sites is 4. The highest BCUT2D eigenvalue weighted by Gasteiger charge is 2.47. The molecule has 0 saturated heterocycles. The molecule has 0 spiro atoms. The number of hydrogen-bond acceptors (Lipinski definition) is 12. The zero-order valence-corrected chi connectivity index (χ0v) is 62.3. The smallest absolute Gasteiger partial charge is 0.577 e. The summed E-state index contributed by atoms with van der Waals surface area (Å²) < 4.78 is 54.0. The molecule has 105 heavy (non-hydrogen) atoms. The van der Waals surface area contributed by atoms with Crippen LogP contribution in [0.25, 0.3) is 77.0 Å². The lowest BCUT2D eigenvalue weighted by Gasteiger charge is -2.33. The van der Waals surface area contributed by atoms with Crippen LogP contribution in [0.5, 0.6) is 57.5 Å². The van der Waals surface area contributed by atoms with Crippen LogP contribution in [-0.2, 0) is 5.41 Å². The van der Waals surface area contributed by atoms with E-state index in [9.17, 15) is 0 Å². The van der Waals surface area contributed by atoms with Crippen LogP contribution in [-0.4, -0.2) is 50.2 Å². The lowest BCUT2D eigenvalue weighted by atomic mass is 9.70. The van der Waals surface area contributed by atoms with Crippen molar-refractivity contribution in [2.45, 2.75) is 123 Å². The number of hydrogen-bond donors (Lipinski definition) is 0. The van der Waals surface area contributed by atoms with Gasteiger partial charge in [0.2, 0.25) is 0 Å². The third kappa shape index (κ3) is 16.2. The van der Waals surface area contributed by atoms with Crippen molar-refractivity contribution < 1.29 is 32.2 Å². The summed E-state index contributed by atoms with van der Waals surface area (Å²) in [7, 11) is 0. The maximum absolute atomic E-state index is 7.03. The summed E-state index contributed by atoms with van der Waals surface area (Å²) in [4.78, 5) is 18.6. The average molecular weight is 1420 g/mol. The zero-order chi connectivity index (χ0) is 71.3. The van der Waals surface area contributed by atoms with Crippen molar-refractivity contribution in [3.05, 3.63) is 290 Å². The topological polar surface area (TPSA) is 125 Å². The van der Waals surface area contributed by atoms with Crippen LogP contribution in [0.15, 0.2) is 267 Å². The molecule has 1 aliphatic rings. The van der Waals surface area contributed by atoms with Gasteiger partial charge in [-0.25, -0.2) is 0 Å². The van der Waals surface area contributed by atoms with Crippen molar-refractivity contribution in [2.75, 3.05) is 0 Å². The second-order valence-corrected chi connectivity index (χ2v) is 29.9. The maximum Gasteiger partial charge on any atom is 1.20 e. The van der Waals surface area contributed by atoms with E-state index >= 15 is 0 Å². The fourth-order valence-corrected chi connectivity index (χ4v) is 17.3. The van der Waals surface area contributed by atoms with Gasteiger partial charge in [0.15, 0.2) is 0 Å². The Morgan fingerprint density at radius 2 is 0.571 bits per heavy atom. The third-order valence-corrected chi connectivity index (χ3v) is 22.9. The van der Waals surface area contributed by atoms with Crippen LogP contribution in [0.2, 0.25) is 0 Å². The molecule has 0 saturated carbocycles. The van der Waals surface area contributed by atoms with Crippen LogP contribution < -0.4 is 32.2 Å². The Morgan fingerprint density at radius 1 is 0.286 bits per heavy atom. The Bertz CT molecular complexity index is 4800. The van der Waals surface area contributed by atoms with Gasteiger partial charge in [-0.3, -0.25) is 19.9 Å². The van der Waals surface area contributed by atoms with E-state index in [-0.39, 0.29) is 5.41 Å². The van der Waals surface area contributed by atoms with Crippen molar-refractivity contribution in [3.63, 3.8) is 0 Å². The average Bonchev–Trinajstić information content (AvgIpc) is 1.56. The van der Waals surface area contributed by atoms with Crippen LogP contribution in [0.3, 0.4) is 0 Å². The number of unbranched alkanes of at least 4 members (excludes halogenated alkanes) is 10. The highest BCUT2D eigenvalue weighted by atomic mass is 27.3. The van der Waals surface area contributed by atoms with Crippen LogP contribution in [0.1, 0.15) is 126 Å². The molecule has 0 atom stereocenters. The van der Waals surface area contributed by atoms with Gasteiger partial charge < -0.3 is 32.2 Å². The predicted molar refractivity (Wildman–Crippen MR) is 424 cm³/mol. The van der Waals surface area contributed by atoms with E-state index in [1.54, 1.807) is 24.8 Å². The molecule has 4 aromatic heterocycles. The minimum Gasteiger partial charge on any atom is -0.577 e. The van der Waals surface area contributed by atoms with Gasteiger partial charge in [0.25, 0.3) is 0 Å². The fourth-order valence-electron chi connectivity index (χ4n) is 14.7. The number of nitrogens with zero attached hydrogens (tertiary/aromatic N) is 4. The minimum absolute atomic E-state index is 0.237. The first-order valence-electron chi connectivity index (χ1n) is 37.1. The first-order chi connectivity index (χ1) is 51.7. The normalized spacial score (nSPS) is 12.0. The minimum atomic E-state index is -2.98. The van der Waals surface area contributed by atoms with Crippen molar-refractivity contribution in [1.82, 2.24) is 19.9 Å². The van der Waals surface area contributed by atoms with Gasteiger partial charge in [-0.05, 0) is 204 Å². The number of aromatic nitrogens is 4. The van der Waals surface area contributed by atoms with Crippen LogP contribution in [0.4, 0.5) is 0 Å². The van der Waals surface area contributed by atoms with Gasteiger partial charge in [-0.15, -0.1) is 0 Å². The van der Waals surface area contributed by atoms with Crippen molar-refractivity contribution in [1.29, 1.82) is 0 Å². The van der Waals surface area contributed by atoms with E-state index in [1.165, 1.54) is 86.5 Å². The molecule has 0 bridgehead atoms. The number of aryl methyl sites for hydroxylation is 2. The number of fused-ring (bicyclic) bond motifs is 7. The summed E-state index contributed by atoms with van der Waals surface area (Å²) in [6.45, 7) is 8.97. The molecule has 14 aromatic rings. The maximum atomic E-state index is 7.03. The quantitative estimate of drug-likeness (QED) is 0.0294.